The highest BCUT2D eigenvalue weighted by molar-refractivity contribution is 5.82. The van der Waals surface area contributed by atoms with Crippen LogP contribution in [-0.2, 0) is 9.53 Å². The zero-order chi connectivity index (χ0) is 21.6. The molecule has 0 atom stereocenters. The Bertz CT molecular complexity index is 1220. The summed E-state index contributed by atoms with van der Waals surface area (Å²) in [6.07, 6.45) is 1.46. The summed E-state index contributed by atoms with van der Waals surface area (Å²) in [5.41, 5.74) is 0.952. The van der Waals surface area contributed by atoms with Gasteiger partial charge in [0.05, 0.1) is 11.6 Å². The zero-order valence-corrected chi connectivity index (χ0v) is 16.8. The van der Waals surface area contributed by atoms with E-state index >= 15 is 0 Å². The van der Waals surface area contributed by atoms with Gasteiger partial charge in [-0.25, -0.2) is 4.79 Å². The van der Waals surface area contributed by atoms with Crippen LogP contribution in [0.2, 0.25) is 0 Å². The lowest BCUT2D eigenvalue weighted by atomic mass is 10.1. The molecule has 0 saturated heterocycles. The van der Waals surface area contributed by atoms with Gasteiger partial charge in [0.15, 0.2) is 12.4 Å². The molecule has 0 radical (unpaired) electrons. The predicted octanol–water partition coefficient (Wildman–Crippen LogP) is 4.36. The minimum atomic E-state index is -0.634. The standard InChI is InChI=1S/C24H20O7/c1-16-9-10-18-20(14-16)31-23(19-8-5-11-28-19)24(22(18)26)30-15-21(25)29-13-12-27-17-6-3-2-4-7-17/h2-11,14H,12-13,15H2,1H3. The third-order valence-corrected chi connectivity index (χ3v) is 4.44. The van der Waals surface area contributed by atoms with Gasteiger partial charge in [-0.2, -0.15) is 0 Å². The molecule has 2 aromatic carbocycles. The third kappa shape index (κ3) is 4.78. The van der Waals surface area contributed by atoms with Gasteiger partial charge in [0.25, 0.3) is 0 Å². The van der Waals surface area contributed by atoms with Crippen molar-refractivity contribution in [3.05, 3.63) is 82.7 Å². The van der Waals surface area contributed by atoms with Crippen LogP contribution in [0.25, 0.3) is 22.5 Å². The summed E-state index contributed by atoms with van der Waals surface area (Å²) in [5, 5.41) is 0.348. The Kier molecular flexibility index (Phi) is 6.03. The quantitative estimate of drug-likeness (QED) is 0.309. The van der Waals surface area contributed by atoms with Crippen molar-refractivity contribution in [3.8, 4) is 23.0 Å². The molecule has 0 amide bonds. The average Bonchev–Trinajstić information content (AvgIpc) is 3.31. The molecule has 0 saturated carbocycles. The summed E-state index contributed by atoms with van der Waals surface area (Å²) < 4.78 is 27.4. The molecule has 4 aromatic rings. The molecule has 2 heterocycles. The van der Waals surface area contributed by atoms with Crippen molar-refractivity contribution >= 4 is 16.9 Å². The van der Waals surface area contributed by atoms with Gasteiger partial charge in [-0.15, -0.1) is 0 Å². The fourth-order valence-corrected chi connectivity index (χ4v) is 2.99. The van der Waals surface area contributed by atoms with Gasteiger partial charge in [0.1, 0.15) is 24.5 Å². The molecule has 0 unspecified atom stereocenters. The number of fused-ring (bicyclic) bond motifs is 1. The lowest BCUT2D eigenvalue weighted by Crippen LogP contribution is -2.21. The smallest absolute Gasteiger partial charge is 0.344 e. The zero-order valence-electron chi connectivity index (χ0n) is 16.8. The van der Waals surface area contributed by atoms with Gasteiger partial charge < -0.3 is 23.0 Å². The molecule has 0 N–H and O–H groups in total. The van der Waals surface area contributed by atoms with Gasteiger partial charge >= 0.3 is 5.97 Å². The normalized spacial score (nSPS) is 10.7. The molecular formula is C24H20O7. The summed E-state index contributed by atoms with van der Waals surface area (Å²) in [6.45, 7) is 1.69. The topological polar surface area (TPSA) is 88.1 Å². The van der Waals surface area contributed by atoms with Gasteiger partial charge in [-0.1, -0.05) is 24.3 Å². The molecule has 2 aromatic heterocycles. The van der Waals surface area contributed by atoms with Crippen molar-refractivity contribution in [3.63, 3.8) is 0 Å². The molecule has 0 fully saturated rings. The van der Waals surface area contributed by atoms with Crippen molar-refractivity contribution in [1.29, 1.82) is 0 Å². The van der Waals surface area contributed by atoms with E-state index < -0.39 is 18.0 Å². The van der Waals surface area contributed by atoms with Crippen molar-refractivity contribution < 1.29 is 27.8 Å². The molecule has 0 aliphatic heterocycles. The van der Waals surface area contributed by atoms with E-state index in [0.29, 0.717) is 22.5 Å². The number of rotatable bonds is 8. The highest BCUT2D eigenvalue weighted by atomic mass is 16.6. The van der Waals surface area contributed by atoms with Crippen molar-refractivity contribution in [1.82, 2.24) is 0 Å². The third-order valence-electron chi connectivity index (χ3n) is 4.44. The molecule has 0 aliphatic carbocycles. The van der Waals surface area contributed by atoms with Crippen LogP contribution in [0, 0.1) is 6.92 Å². The van der Waals surface area contributed by atoms with E-state index in [1.807, 2.05) is 37.3 Å². The molecular weight excluding hydrogens is 400 g/mol. The van der Waals surface area contributed by atoms with Crippen LogP contribution in [0.1, 0.15) is 5.56 Å². The number of carbonyl (C=O) groups excluding carboxylic acids is 1. The maximum atomic E-state index is 13.0. The molecule has 0 aliphatic rings. The Hall–Kier alpha value is -4.00. The number of aryl methyl sites for hydroxylation is 1. The van der Waals surface area contributed by atoms with Gasteiger partial charge in [-0.05, 0) is 48.9 Å². The van der Waals surface area contributed by atoms with Gasteiger partial charge in [0, 0.05) is 0 Å². The van der Waals surface area contributed by atoms with Crippen LogP contribution in [-0.4, -0.2) is 25.8 Å². The molecule has 158 valence electrons. The highest BCUT2D eigenvalue weighted by Crippen LogP contribution is 2.31. The maximum absolute atomic E-state index is 13.0. The lowest BCUT2D eigenvalue weighted by Gasteiger charge is -2.11. The average molecular weight is 420 g/mol. The van der Waals surface area contributed by atoms with Gasteiger partial charge in [-0.3, -0.25) is 4.79 Å². The monoisotopic (exact) mass is 420 g/mol. The van der Waals surface area contributed by atoms with Crippen LogP contribution in [0.3, 0.4) is 0 Å². The Morgan fingerprint density at radius 1 is 0.968 bits per heavy atom. The lowest BCUT2D eigenvalue weighted by molar-refractivity contribution is -0.146. The number of carbonyl (C=O) groups is 1. The van der Waals surface area contributed by atoms with E-state index in [1.165, 1.54) is 6.26 Å². The SMILES string of the molecule is Cc1ccc2c(=O)c(OCC(=O)OCCOc3ccccc3)c(-c3ccco3)oc2c1. The fraction of sp³-hybridized carbons (Fsp3) is 0.167. The second kappa shape index (κ2) is 9.21. The minimum Gasteiger partial charge on any atom is -0.490 e. The second-order valence-electron chi connectivity index (χ2n) is 6.74. The first kappa shape index (κ1) is 20.3. The Morgan fingerprint density at radius 2 is 1.81 bits per heavy atom. The predicted molar refractivity (Wildman–Crippen MR) is 113 cm³/mol. The molecule has 4 rings (SSSR count). The molecule has 0 spiro atoms. The van der Waals surface area contributed by atoms with Gasteiger partial charge in [0.2, 0.25) is 16.9 Å². The van der Waals surface area contributed by atoms with Crippen molar-refractivity contribution in [2.24, 2.45) is 0 Å². The van der Waals surface area contributed by atoms with E-state index in [9.17, 15) is 9.59 Å². The highest BCUT2D eigenvalue weighted by Gasteiger charge is 2.21. The molecule has 7 heteroatoms. The van der Waals surface area contributed by atoms with E-state index in [0.717, 1.165) is 5.56 Å². The van der Waals surface area contributed by atoms with E-state index in [4.69, 9.17) is 23.0 Å². The summed E-state index contributed by atoms with van der Waals surface area (Å²) in [5.74, 6) is 0.379. The van der Waals surface area contributed by atoms with Crippen LogP contribution in [0.15, 0.2) is 80.6 Å². The first-order valence-electron chi connectivity index (χ1n) is 9.69. The van der Waals surface area contributed by atoms with Crippen LogP contribution >= 0.6 is 0 Å². The van der Waals surface area contributed by atoms with E-state index in [2.05, 4.69) is 0 Å². The Morgan fingerprint density at radius 3 is 2.58 bits per heavy atom. The summed E-state index contributed by atoms with van der Waals surface area (Å²) in [4.78, 5) is 25.1. The second-order valence-corrected chi connectivity index (χ2v) is 6.74. The number of hydrogen-bond donors (Lipinski definition) is 0. The number of hydrogen-bond acceptors (Lipinski definition) is 7. The summed E-state index contributed by atoms with van der Waals surface area (Å²) in [7, 11) is 0. The first-order valence-corrected chi connectivity index (χ1v) is 9.69. The number of furan rings is 1. The largest absolute Gasteiger partial charge is 0.490 e. The van der Waals surface area contributed by atoms with E-state index in [-0.39, 0.29) is 24.7 Å². The molecule has 0 bridgehead atoms. The van der Waals surface area contributed by atoms with Crippen LogP contribution in [0.4, 0.5) is 0 Å². The van der Waals surface area contributed by atoms with E-state index in [1.54, 1.807) is 30.3 Å². The fourth-order valence-electron chi connectivity index (χ4n) is 2.99. The van der Waals surface area contributed by atoms with Crippen molar-refractivity contribution in [2.45, 2.75) is 6.92 Å². The number of benzene rings is 2. The minimum absolute atomic E-state index is 0.0493. The van der Waals surface area contributed by atoms with Crippen LogP contribution < -0.4 is 14.9 Å². The molecule has 31 heavy (non-hydrogen) atoms. The maximum Gasteiger partial charge on any atom is 0.344 e. The van der Waals surface area contributed by atoms with Crippen LogP contribution in [0.5, 0.6) is 11.5 Å². The first-order chi connectivity index (χ1) is 15.1. The molecule has 7 nitrogen and oxygen atoms in total. The number of para-hydroxylation sites is 1. The Labute approximate surface area is 177 Å². The summed E-state index contributed by atoms with van der Waals surface area (Å²) >= 11 is 0. The number of ether oxygens (including phenoxy) is 3. The Balaban J connectivity index is 1.45. The van der Waals surface area contributed by atoms with Crippen molar-refractivity contribution in [2.75, 3.05) is 19.8 Å². The number of esters is 1. The summed E-state index contributed by atoms with van der Waals surface area (Å²) in [6, 6.07) is 17.7.